The fourth-order valence-electron chi connectivity index (χ4n) is 5.24. The van der Waals surface area contributed by atoms with Gasteiger partial charge >= 0.3 is 0 Å². The first-order chi connectivity index (χ1) is 17.4. The Labute approximate surface area is 208 Å². The number of terminal acetylenes is 1. The third-order valence-corrected chi connectivity index (χ3v) is 6.96. The van der Waals surface area contributed by atoms with Crippen molar-refractivity contribution in [2.24, 2.45) is 15.0 Å². The van der Waals surface area contributed by atoms with E-state index in [1.807, 2.05) is 0 Å². The van der Waals surface area contributed by atoms with Gasteiger partial charge in [-0.05, 0) is 50.1 Å². The minimum absolute atomic E-state index is 0.0270. The van der Waals surface area contributed by atoms with Crippen LogP contribution in [0, 0.1) is 18.2 Å². The molecule has 3 heterocycles. The van der Waals surface area contributed by atoms with Gasteiger partial charge in [-0.25, -0.2) is 13.8 Å². The van der Waals surface area contributed by atoms with Gasteiger partial charge in [0.1, 0.15) is 28.8 Å². The molecule has 184 valence electrons. The van der Waals surface area contributed by atoms with Crippen molar-refractivity contribution in [3.05, 3.63) is 58.4 Å². The van der Waals surface area contributed by atoms with Crippen molar-refractivity contribution in [2.45, 2.75) is 31.8 Å². The van der Waals surface area contributed by atoms with Gasteiger partial charge in [0.2, 0.25) is 0 Å². The van der Waals surface area contributed by atoms with Crippen LogP contribution in [0.3, 0.4) is 0 Å². The quantitative estimate of drug-likeness (QED) is 0.486. The van der Waals surface area contributed by atoms with Gasteiger partial charge in [0.05, 0.1) is 23.3 Å². The predicted octanol–water partition coefficient (Wildman–Crippen LogP) is 5.02. The molecule has 3 aliphatic heterocycles. The molecule has 1 unspecified atom stereocenters. The number of hydrogen-bond acceptors (Lipinski definition) is 6. The van der Waals surface area contributed by atoms with E-state index in [0.717, 1.165) is 32.4 Å². The number of piperidine rings is 1. The molecule has 0 aromatic heterocycles. The Morgan fingerprint density at radius 2 is 2.14 bits per heavy atom. The minimum atomic E-state index is -0.707. The summed E-state index contributed by atoms with van der Waals surface area (Å²) in [5.41, 5.74) is 0.363. The second-order valence-electron chi connectivity index (χ2n) is 9.10. The van der Waals surface area contributed by atoms with Crippen LogP contribution in [0.5, 0.6) is 5.75 Å². The van der Waals surface area contributed by atoms with Crippen LogP contribution in [0.25, 0.3) is 16.5 Å². The molecule has 0 saturated carbocycles. The first kappa shape index (κ1) is 23.9. The maximum absolute atomic E-state index is 16.2. The molecule has 1 spiro atoms. The van der Waals surface area contributed by atoms with Crippen LogP contribution < -0.4 is 0 Å². The van der Waals surface area contributed by atoms with Gasteiger partial charge in [-0.1, -0.05) is 12.0 Å². The highest BCUT2D eigenvalue weighted by atomic mass is 19.1. The Bertz CT molecular complexity index is 1430. The van der Waals surface area contributed by atoms with Crippen LogP contribution in [-0.2, 0) is 4.74 Å². The number of nitrogens with zero attached hydrogens (tertiary/aromatic N) is 4. The molecule has 8 heteroatoms. The standard InChI is InChI=1S/C28H26F2N4O2/c1-4-19-22(29)8-7-17-13-18(35)14-20(23(17)19)25-24(30)26(32-5-2)21(15-33-25)27(31-3)34-11-6-9-28(16-34)10-12-36-28/h1,7-8,13-15,35H,3,5-6,9-12,16H2,2H3/b27-21+,32-26?. The van der Waals surface area contributed by atoms with E-state index in [4.69, 9.17) is 11.2 Å². The smallest absolute Gasteiger partial charge is 0.175 e. The average Bonchev–Trinajstić information content (AvgIpc) is 2.85. The van der Waals surface area contributed by atoms with E-state index < -0.39 is 11.6 Å². The Morgan fingerprint density at radius 3 is 2.81 bits per heavy atom. The Hall–Kier alpha value is -3.83. The number of phenols is 1. The molecule has 1 atom stereocenters. The zero-order chi connectivity index (χ0) is 25.4. The van der Waals surface area contributed by atoms with Gasteiger partial charge in [-0.15, -0.1) is 6.42 Å². The number of aromatic hydroxyl groups is 1. The molecule has 0 bridgehead atoms. The van der Waals surface area contributed by atoms with E-state index >= 15 is 4.39 Å². The van der Waals surface area contributed by atoms with E-state index in [1.165, 1.54) is 30.5 Å². The fraction of sp³-hybridized carbons (Fsp3) is 0.321. The number of phenolic OH excluding ortho intramolecular Hbond substituents is 1. The number of benzene rings is 2. The molecule has 5 rings (SSSR count). The number of ether oxygens (including phenoxy) is 1. The molecule has 0 amide bonds. The van der Waals surface area contributed by atoms with Crippen molar-refractivity contribution >= 4 is 35.1 Å². The number of halogens is 2. The molecular weight excluding hydrogens is 462 g/mol. The third kappa shape index (κ3) is 3.90. The monoisotopic (exact) mass is 488 g/mol. The van der Waals surface area contributed by atoms with Crippen molar-refractivity contribution in [3.63, 3.8) is 0 Å². The summed E-state index contributed by atoms with van der Waals surface area (Å²) >= 11 is 0. The molecule has 36 heavy (non-hydrogen) atoms. The molecular formula is C28H26F2N4O2. The number of fused-ring (bicyclic) bond motifs is 1. The van der Waals surface area contributed by atoms with Crippen molar-refractivity contribution in [1.82, 2.24) is 4.90 Å². The highest BCUT2D eigenvalue weighted by molar-refractivity contribution is 6.29. The van der Waals surface area contributed by atoms with Gasteiger partial charge in [0, 0.05) is 43.2 Å². The lowest BCUT2D eigenvalue weighted by Crippen LogP contribution is -2.55. The summed E-state index contributed by atoms with van der Waals surface area (Å²) in [6.45, 7) is 7.97. The summed E-state index contributed by atoms with van der Waals surface area (Å²) in [5.74, 6) is 1.40. The van der Waals surface area contributed by atoms with Crippen LogP contribution >= 0.6 is 0 Å². The molecule has 1 N–H and O–H groups in total. The van der Waals surface area contributed by atoms with Crippen LogP contribution in [0.4, 0.5) is 8.78 Å². The van der Waals surface area contributed by atoms with E-state index in [-0.39, 0.29) is 33.9 Å². The highest BCUT2D eigenvalue weighted by Crippen LogP contribution is 2.40. The molecule has 2 fully saturated rings. The van der Waals surface area contributed by atoms with E-state index in [2.05, 4.69) is 32.5 Å². The summed E-state index contributed by atoms with van der Waals surface area (Å²) in [4.78, 5) is 15.2. The average molecular weight is 489 g/mol. The highest BCUT2D eigenvalue weighted by Gasteiger charge is 2.43. The van der Waals surface area contributed by atoms with E-state index in [1.54, 1.807) is 6.92 Å². The lowest BCUT2D eigenvalue weighted by atomic mass is 9.85. The number of hydrogen-bond donors (Lipinski definition) is 1. The summed E-state index contributed by atoms with van der Waals surface area (Å²) < 4.78 is 36.6. The second kappa shape index (κ2) is 9.32. The van der Waals surface area contributed by atoms with Crippen LogP contribution in [0.2, 0.25) is 0 Å². The van der Waals surface area contributed by atoms with Crippen molar-refractivity contribution < 1.29 is 18.6 Å². The number of allylic oxidation sites excluding steroid dienone is 2. The summed E-state index contributed by atoms with van der Waals surface area (Å²) in [7, 11) is 0. The molecule has 0 radical (unpaired) electrons. The van der Waals surface area contributed by atoms with Gasteiger partial charge in [-0.2, -0.15) is 0 Å². The molecule has 2 aromatic carbocycles. The van der Waals surface area contributed by atoms with Gasteiger partial charge < -0.3 is 14.7 Å². The Kier molecular flexibility index (Phi) is 6.19. The van der Waals surface area contributed by atoms with Gasteiger partial charge in [0.15, 0.2) is 5.83 Å². The Balaban J connectivity index is 1.67. The first-order valence-corrected chi connectivity index (χ1v) is 11.9. The third-order valence-electron chi connectivity index (χ3n) is 6.96. The summed E-state index contributed by atoms with van der Waals surface area (Å²) in [5, 5.41) is 11.1. The summed E-state index contributed by atoms with van der Waals surface area (Å²) in [6.07, 6.45) is 9.97. The van der Waals surface area contributed by atoms with Crippen molar-refractivity contribution in [3.8, 4) is 18.1 Å². The fourth-order valence-corrected chi connectivity index (χ4v) is 5.24. The normalized spacial score (nSPS) is 24.3. The maximum atomic E-state index is 16.2. The molecule has 2 saturated heterocycles. The second-order valence-corrected chi connectivity index (χ2v) is 9.10. The number of rotatable bonds is 4. The predicted molar refractivity (Wildman–Crippen MR) is 139 cm³/mol. The Morgan fingerprint density at radius 1 is 1.33 bits per heavy atom. The minimum Gasteiger partial charge on any atom is -0.508 e. The molecule has 6 nitrogen and oxygen atoms in total. The lowest BCUT2D eigenvalue weighted by molar-refractivity contribution is -0.172. The maximum Gasteiger partial charge on any atom is 0.175 e. The topological polar surface area (TPSA) is 69.8 Å². The number of aliphatic imine (C=N–C) groups is 3. The molecule has 2 aromatic rings. The van der Waals surface area contributed by atoms with E-state index in [0.29, 0.717) is 35.3 Å². The number of likely N-dealkylation sites (tertiary alicyclic amines) is 1. The van der Waals surface area contributed by atoms with Crippen molar-refractivity contribution in [1.29, 1.82) is 0 Å². The lowest BCUT2D eigenvalue weighted by Gasteiger charge is -2.49. The van der Waals surface area contributed by atoms with Crippen LogP contribution in [-0.4, -0.2) is 60.5 Å². The van der Waals surface area contributed by atoms with E-state index in [9.17, 15) is 9.50 Å². The van der Waals surface area contributed by atoms with Crippen molar-refractivity contribution in [2.75, 3.05) is 26.2 Å². The summed E-state index contributed by atoms with van der Waals surface area (Å²) in [6, 6.07) is 5.49. The zero-order valence-corrected chi connectivity index (χ0v) is 20.0. The first-order valence-electron chi connectivity index (χ1n) is 11.9. The molecule has 3 aliphatic rings. The van der Waals surface area contributed by atoms with Crippen LogP contribution in [0.1, 0.15) is 37.3 Å². The van der Waals surface area contributed by atoms with Gasteiger partial charge in [-0.3, -0.25) is 9.98 Å². The largest absolute Gasteiger partial charge is 0.508 e. The SMILES string of the molecule is C#Cc1c(F)ccc2cc(O)cc(C3=C(F)C(=NCC)/C(=C(\N=C)N4CCCC5(CCO5)C4)C=N3)c12. The van der Waals surface area contributed by atoms with Gasteiger partial charge in [0.25, 0.3) is 0 Å². The zero-order valence-electron chi connectivity index (χ0n) is 20.0. The molecule has 0 aliphatic carbocycles. The van der Waals surface area contributed by atoms with Crippen LogP contribution in [0.15, 0.2) is 56.5 Å².